The number of hydrogen-bond donors (Lipinski definition) is 3. The summed E-state index contributed by atoms with van der Waals surface area (Å²) < 4.78 is 0. The molecule has 0 atom stereocenters. The molecule has 5 nitrogen and oxygen atoms in total. The SMILES string of the molecule is N=CN=c1cc(N)cc(-c2ccccc2)c2cn[nH]c12. The molecule has 0 aliphatic carbocycles. The first-order chi connectivity index (χ1) is 9.79. The zero-order chi connectivity index (χ0) is 13.9. The van der Waals surface area contributed by atoms with Crippen LogP contribution in [0.2, 0.25) is 0 Å². The van der Waals surface area contributed by atoms with Gasteiger partial charge in [0.15, 0.2) is 0 Å². The van der Waals surface area contributed by atoms with Crippen molar-refractivity contribution in [1.29, 1.82) is 5.41 Å². The van der Waals surface area contributed by atoms with E-state index in [1.54, 1.807) is 12.3 Å². The van der Waals surface area contributed by atoms with Crippen molar-refractivity contribution in [3.05, 3.63) is 54.0 Å². The number of hydrogen-bond acceptors (Lipinski definition) is 3. The number of fused-ring (bicyclic) bond motifs is 1. The second-order valence-corrected chi connectivity index (χ2v) is 4.37. The Balaban J connectivity index is 2.47. The fraction of sp³-hybridized carbons (Fsp3) is 0. The zero-order valence-electron chi connectivity index (χ0n) is 10.7. The third kappa shape index (κ3) is 2.05. The van der Waals surface area contributed by atoms with Gasteiger partial charge in [0.25, 0.3) is 0 Å². The molecular formula is C15H13N5. The smallest absolute Gasteiger partial charge is 0.107 e. The number of nitrogens with one attached hydrogen (secondary N) is 2. The van der Waals surface area contributed by atoms with Crippen LogP contribution >= 0.6 is 0 Å². The van der Waals surface area contributed by atoms with Crippen LogP contribution in [0.3, 0.4) is 0 Å². The van der Waals surface area contributed by atoms with Crippen molar-refractivity contribution in [1.82, 2.24) is 10.2 Å². The van der Waals surface area contributed by atoms with Gasteiger partial charge in [-0.2, -0.15) is 5.10 Å². The van der Waals surface area contributed by atoms with Crippen molar-refractivity contribution in [2.75, 3.05) is 5.73 Å². The third-order valence-electron chi connectivity index (χ3n) is 3.09. The maximum absolute atomic E-state index is 7.15. The van der Waals surface area contributed by atoms with Gasteiger partial charge in [-0.3, -0.25) is 10.5 Å². The Labute approximate surface area is 115 Å². The summed E-state index contributed by atoms with van der Waals surface area (Å²) in [5, 5.41) is 15.7. The lowest BCUT2D eigenvalue weighted by atomic mass is 10.0. The summed E-state index contributed by atoms with van der Waals surface area (Å²) in [5.41, 5.74) is 9.42. The number of aromatic nitrogens is 2. The molecule has 1 heterocycles. The van der Waals surface area contributed by atoms with Gasteiger partial charge in [0.05, 0.1) is 17.1 Å². The number of nitrogens with zero attached hydrogens (tertiary/aromatic N) is 2. The minimum absolute atomic E-state index is 0.592. The van der Waals surface area contributed by atoms with Crippen LogP contribution in [0.15, 0.2) is 53.7 Å². The summed E-state index contributed by atoms with van der Waals surface area (Å²) in [6.45, 7) is 0. The molecule has 4 N–H and O–H groups in total. The number of anilines is 1. The van der Waals surface area contributed by atoms with Gasteiger partial charge in [-0.15, -0.1) is 0 Å². The molecule has 0 fully saturated rings. The molecule has 0 radical (unpaired) electrons. The van der Waals surface area contributed by atoms with Crippen LogP contribution in [-0.4, -0.2) is 16.5 Å². The maximum Gasteiger partial charge on any atom is 0.107 e. The fourth-order valence-corrected chi connectivity index (χ4v) is 2.23. The normalized spacial score (nSPS) is 11.7. The van der Waals surface area contributed by atoms with Crippen LogP contribution in [0.4, 0.5) is 5.69 Å². The Kier molecular flexibility index (Phi) is 3.01. The van der Waals surface area contributed by atoms with Gasteiger partial charge in [-0.25, -0.2) is 4.99 Å². The van der Waals surface area contributed by atoms with Gasteiger partial charge in [-0.05, 0) is 23.3 Å². The molecule has 0 aliphatic heterocycles. The topological polar surface area (TPSA) is 90.9 Å². The summed E-state index contributed by atoms with van der Waals surface area (Å²) in [6.07, 6.45) is 2.75. The lowest BCUT2D eigenvalue weighted by Crippen LogP contribution is -2.01. The van der Waals surface area contributed by atoms with Crippen LogP contribution in [0, 0.1) is 5.41 Å². The van der Waals surface area contributed by atoms with Crippen LogP contribution in [0.25, 0.3) is 22.0 Å². The molecule has 0 saturated carbocycles. The summed E-state index contributed by atoms with van der Waals surface area (Å²) in [4.78, 5) is 4.03. The van der Waals surface area contributed by atoms with E-state index in [0.29, 0.717) is 11.0 Å². The number of aromatic amines is 1. The maximum atomic E-state index is 7.15. The standard InChI is InChI=1S/C15H13N5/c16-9-18-14-7-11(17)6-12(10-4-2-1-3-5-10)13-8-19-20-15(13)14/h1-9,16H,17H2,(H,19,20). The van der Waals surface area contributed by atoms with E-state index in [9.17, 15) is 0 Å². The van der Waals surface area contributed by atoms with E-state index in [1.807, 2.05) is 36.4 Å². The number of nitrogen functional groups attached to an aromatic ring is 1. The highest BCUT2D eigenvalue weighted by Crippen LogP contribution is 2.26. The summed E-state index contributed by atoms with van der Waals surface area (Å²) in [6, 6.07) is 13.6. The van der Waals surface area contributed by atoms with E-state index in [2.05, 4.69) is 15.2 Å². The molecule has 0 unspecified atom stereocenters. The highest BCUT2D eigenvalue weighted by molar-refractivity contribution is 5.94. The van der Waals surface area contributed by atoms with Crippen molar-refractivity contribution in [2.24, 2.45) is 4.99 Å². The van der Waals surface area contributed by atoms with E-state index >= 15 is 0 Å². The third-order valence-corrected chi connectivity index (χ3v) is 3.09. The minimum Gasteiger partial charge on any atom is -0.399 e. The number of benzene rings is 1. The number of rotatable bonds is 2. The molecule has 0 bridgehead atoms. The first-order valence-electron chi connectivity index (χ1n) is 6.15. The second kappa shape index (κ2) is 4.97. The monoisotopic (exact) mass is 263 g/mol. The largest absolute Gasteiger partial charge is 0.399 e. The Hall–Kier alpha value is -2.95. The van der Waals surface area contributed by atoms with Gasteiger partial charge < -0.3 is 5.73 Å². The van der Waals surface area contributed by atoms with Gasteiger partial charge in [0.2, 0.25) is 0 Å². The molecular weight excluding hydrogens is 250 g/mol. The molecule has 0 saturated heterocycles. The first kappa shape index (κ1) is 12.1. The molecule has 2 aromatic carbocycles. The van der Waals surface area contributed by atoms with Crippen LogP contribution in [0.5, 0.6) is 0 Å². The molecule has 3 aromatic rings. The number of nitrogens with two attached hydrogens (primary N) is 1. The van der Waals surface area contributed by atoms with Gasteiger partial charge >= 0.3 is 0 Å². The highest BCUT2D eigenvalue weighted by atomic mass is 15.1. The highest BCUT2D eigenvalue weighted by Gasteiger charge is 2.07. The molecule has 98 valence electrons. The van der Waals surface area contributed by atoms with Gasteiger partial charge in [0, 0.05) is 11.1 Å². The Morgan fingerprint density at radius 3 is 2.75 bits per heavy atom. The summed E-state index contributed by atoms with van der Waals surface area (Å²) >= 11 is 0. The predicted octanol–water partition coefficient (Wildman–Crippen LogP) is 2.32. The van der Waals surface area contributed by atoms with E-state index in [0.717, 1.165) is 28.4 Å². The zero-order valence-corrected chi connectivity index (χ0v) is 10.7. The van der Waals surface area contributed by atoms with Crippen LogP contribution < -0.4 is 11.1 Å². The molecule has 0 aliphatic rings. The second-order valence-electron chi connectivity index (χ2n) is 4.37. The average molecular weight is 263 g/mol. The minimum atomic E-state index is 0.592. The van der Waals surface area contributed by atoms with Crippen molar-refractivity contribution in [3.8, 4) is 11.1 Å². The quantitative estimate of drug-likeness (QED) is 0.489. The molecule has 1 aromatic heterocycles. The van der Waals surface area contributed by atoms with Crippen molar-refractivity contribution >= 4 is 22.9 Å². The lowest BCUT2D eigenvalue weighted by Gasteiger charge is -2.00. The lowest BCUT2D eigenvalue weighted by molar-refractivity contribution is 1.11. The summed E-state index contributed by atoms with van der Waals surface area (Å²) in [7, 11) is 0. The van der Waals surface area contributed by atoms with Crippen LogP contribution in [0.1, 0.15) is 0 Å². The Morgan fingerprint density at radius 2 is 2.00 bits per heavy atom. The van der Waals surface area contributed by atoms with E-state index in [1.165, 1.54) is 0 Å². The Morgan fingerprint density at radius 1 is 1.20 bits per heavy atom. The summed E-state index contributed by atoms with van der Waals surface area (Å²) in [5.74, 6) is 0. The van der Waals surface area contributed by atoms with Gasteiger partial charge in [0.1, 0.15) is 6.34 Å². The van der Waals surface area contributed by atoms with Crippen LogP contribution in [-0.2, 0) is 0 Å². The van der Waals surface area contributed by atoms with Crippen molar-refractivity contribution in [3.63, 3.8) is 0 Å². The number of H-pyrrole nitrogens is 1. The van der Waals surface area contributed by atoms with Crippen molar-refractivity contribution in [2.45, 2.75) is 0 Å². The molecule has 20 heavy (non-hydrogen) atoms. The van der Waals surface area contributed by atoms with Crippen molar-refractivity contribution < 1.29 is 0 Å². The molecule has 5 heteroatoms. The fourth-order valence-electron chi connectivity index (χ4n) is 2.23. The van der Waals surface area contributed by atoms with E-state index < -0.39 is 0 Å². The average Bonchev–Trinajstić information content (AvgIpc) is 2.90. The van der Waals surface area contributed by atoms with E-state index in [4.69, 9.17) is 11.1 Å². The Bertz CT molecular complexity index is 834. The van der Waals surface area contributed by atoms with E-state index in [-0.39, 0.29) is 0 Å². The first-order valence-corrected chi connectivity index (χ1v) is 6.15. The molecule has 3 rings (SSSR count). The molecule has 0 amide bonds. The molecule has 0 spiro atoms. The predicted molar refractivity (Wildman–Crippen MR) is 80.3 cm³/mol. The van der Waals surface area contributed by atoms with Gasteiger partial charge in [-0.1, -0.05) is 30.3 Å².